The number of nitrogens with one attached hydrogen (secondary N) is 3. The zero-order chi connectivity index (χ0) is 17.2. The first-order valence-electron chi connectivity index (χ1n) is 7.62. The smallest absolute Gasteiger partial charge is 0.320 e. The number of benzene rings is 1. The average molecular weight is 321 g/mol. The third kappa shape index (κ3) is 6.48. The van der Waals surface area contributed by atoms with E-state index in [1.807, 2.05) is 13.8 Å². The van der Waals surface area contributed by atoms with Crippen LogP contribution in [0.1, 0.15) is 37.0 Å². The molecule has 7 nitrogen and oxygen atoms in total. The fourth-order valence-corrected chi connectivity index (χ4v) is 2.02. The summed E-state index contributed by atoms with van der Waals surface area (Å²) in [5.74, 6) is -1.55. The van der Waals surface area contributed by atoms with Gasteiger partial charge in [-0.25, -0.2) is 0 Å². The van der Waals surface area contributed by atoms with Crippen molar-refractivity contribution >= 4 is 23.5 Å². The highest BCUT2D eigenvalue weighted by molar-refractivity contribution is 5.97. The van der Waals surface area contributed by atoms with Crippen LogP contribution in [0.2, 0.25) is 0 Å². The highest BCUT2D eigenvalue weighted by Crippen LogP contribution is 2.10. The number of rotatable bonds is 9. The Morgan fingerprint density at radius 2 is 1.96 bits per heavy atom. The molecule has 0 radical (unpaired) electrons. The molecule has 0 heterocycles. The van der Waals surface area contributed by atoms with Crippen LogP contribution in [-0.2, 0) is 9.59 Å². The van der Waals surface area contributed by atoms with E-state index in [0.717, 1.165) is 0 Å². The van der Waals surface area contributed by atoms with Gasteiger partial charge in [0.15, 0.2) is 0 Å². The molecule has 1 aromatic carbocycles. The number of aliphatic carboxylic acids is 1. The largest absolute Gasteiger partial charge is 0.480 e. The lowest BCUT2D eigenvalue weighted by Gasteiger charge is -2.13. The minimum atomic E-state index is -0.974. The van der Waals surface area contributed by atoms with E-state index >= 15 is 0 Å². The van der Waals surface area contributed by atoms with Gasteiger partial charge in [-0.2, -0.15) is 0 Å². The Morgan fingerprint density at radius 3 is 2.57 bits per heavy atom. The van der Waals surface area contributed by atoms with E-state index in [4.69, 9.17) is 5.11 Å². The minimum Gasteiger partial charge on any atom is -0.480 e. The third-order valence-corrected chi connectivity index (χ3v) is 3.13. The van der Waals surface area contributed by atoms with Crippen LogP contribution in [-0.4, -0.2) is 42.0 Å². The summed E-state index contributed by atoms with van der Waals surface area (Å²) in [5.41, 5.74) is 0.940. The van der Waals surface area contributed by atoms with Crippen molar-refractivity contribution in [2.75, 3.05) is 18.4 Å². The van der Waals surface area contributed by atoms with Gasteiger partial charge in [0, 0.05) is 17.8 Å². The molecular formula is C16H23N3O4. The summed E-state index contributed by atoms with van der Waals surface area (Å²) in [6, 6.07) is 5.82. The van der Waals surface area contributed by atoms with E-state index in [1.165, 1.54) is 0 Å². The van der Waals surface area contributed by atoms with Crippen LogP contribution in [0.4, 0.5) is 5.69 Å². The molecule has 0 saturated carbocycles. The molecule has 1 aromatic rings. The van der Waals surface area contributed by atoms with Crippen molar-refractivity contribution in [3.8, 4) is 0 Å². The van der Waals surface area contributed by atoms with Crippen molar-refractivity contribution in [3.05, 3.63) is 29.8 Å². The van der Waals surface area contributed by atoms with E-state index in [-0.39, 0.29) is 18.4 Å². The SMILES string of the molecule is CCCC(NCC(=O)Nc1cccc(C(=O)NCC)c1)C(=O)O. The predicted octanol–water partition coefficient (Wildman–Crippen LogP) is 1.22. The van der Waals surface area contributed by atoms with E-state index in [2.05, 4.69) is 16.0 Å². The monoisotopic (exact) mass is 321 g/mol. The third-order valence-electron chi connectivity index (χ3n) is 3.13. The van der Waals surface area contributed by atoms with Gasteiger partial charge in [0.2, 0.25) is 5.91 Å². The van der Waals surface area contributed by atoms with E-state index in [9.17, 15) is 14.4 Å². The lowest BCUT2D eigenvalue weighted by molar-refractivity contribution is -0.139. The predicted molar refractivity (Wildman–Crippen MR) is 87.4 cm³/mol. The van der Waals surface area contributed by atoms with Crippen molar-refractivity contribution in [1.82, 2.24) is 10.6 Å². The minimum absolute atomic E-state index is 0.109. The molecule has 0 spiro atoms. The molecule has 1 unspecified atom stereocenters. The topological polar surface area (TPSA) is 108 Å². The van der Waals surface area contributed by atoms with Gasteiger partial charge in [0.25, 0.3) is 5.91 Å². The van der Waals surface area contributed by atoms with Crippen LogP contribution < -0.4 is 16.0 Å². The normalized spacial score (nSPS) is 11.6. The fraction of sp³-hybridized carbons (Fsp3) is 0.438. The lowest BCUT2D eigenvalue weighted by Crippen LogP contribution is -2.41. The van der Waals surface area contributed by atoms with Gasteiger partial charge in [-0.1, -0.05) is 19.4 Å². The number of carbonyl (C=O) groups excluding carboxylic acids is 2. The number of carbonyl (C=O) groups is 3. The molecule has 1 atom stereocenters. The van der Waals surface area contributed by atoms with Crippen molar-refractivity contribution in [2.45, 2.75) is 32.7 Å². The van der Waals surface area contributed by atoms with Crippen LogP contribution in [0.15, 0.2) is 24.3 Å². The van der Waals surface area contributed by atoms with Crippen LogP contribution in [0, 0.1) is 0 Å². The molecule has 1 rings (SSSR count). The summed E-state index contributed by atoms with van der Waals surface area (Å²) >= 11 is 0. The molecule has 4 N–H and O–H groups in total. The maximum absolute atomic E-state index is 11.9. The second kappa shape index (κ2) is 9.58. The molecule has 0 saturated heterocycles. The lowest BCUT2D eigenvalue weighted by atomic mass is 10.1. The molecule has 0 bridgehead atoms. The number of carboxylic acid groups (broad SMARTS) is 1. The number of anilines is 1. The summed E-state index contributed by atoms with van der Waals surface area (Å²) in [7, 11) is 0. The molecule has 23 heavy (non-hydrogen) atoms. The quantitative estimate of drug-likeness (QED) is 0.547. The molecular weight excluding hydrogens is 298 g/mol. The Labute approximate surface area is 135 Å². The Balaban J connectivity index is 2.58. The van der Waals surface area contributed by atoms with E-state index in [1.54, 1.807) is 24.3 Å². The average Bonchev–Trinajstić information content (AvgIpc) is 2.51. The summed E-state index contributed by atoms with van der Waals surface area (Å²) in [5, 5.41) is 17.0. The first kappa shape index (κ1) is 18.6. The van der Waals surface area contributed by atoms with Crippen LogP contribution in [0.25, 0.3) is 0 Å². The van der Waals surface area contributed by atoms with Crippen molar-refractivity contribution in [1.29, 1.82) is 0 Å². The van der Waals surface area contributed by atoms with Gasteiger partial charge in [0.05, 0.1) is 6.54 Å². The van der Waals surface area contributed by atoms with Gasteiger partial charge in [-0.15, -0.1) is 0 Å². The van der Waals surface area contributed by atoms with Crippen LogP contribution in [0.5, 0.6) is 0 Å². The van der Waals surface area contributed by atoms with Gasteiger partial charge < -0.3 is 15.7 Å². The second-order valence-corrected chi connectivity index (χ2v) is 5.05. The van der Waals surface area contributed by atoms with Gasteiger partial charge in [-0.3, -0.25) is 19.7 Å². The molecule has 126 valence electrons. The molecule has 0 aliphatic heterocycles. The number of hydrogen-bond acceptors (Lipinski definition) is 4. The van der Waals surface area contributed by atoms with E-state index in [0.29, 0.717) is 30.6 Å². The molecule has 7 heteroatoms. The maximum Gasteiger partial charge on any atom is 0.320 e. The molecule has 0 aliphatic rings. The summed E-state index contributed by atoms with van der Waals surface area (Å²) in [6.45, 7) is 4.12. The zero-order valence-electron chi connectivity index (χ0n) is 13.4. The standard InChI is InChI=1S/C16H23N3O4/c1-3-6-13(16(22)23)18-10-14(20)19-12-8-5-7-11(9-12)15(21)17-4-2/h5,7-9,13,18H,3-4,6,10H2,1-2H3,(H,17,21)(H,19,20)(H,22,23). The van der Waals surface area contributed by atoms with Gasteiger partial charge >= 0.3 is 5.97 Å². The van der Waals surface area contributed by atoms with Gasteiger partial charge in [-0.05, 0) is 31.5 Å². The number of amides is 2. The molecule has 0 aliphatic carbocycles. The Morgan fingerprint density at radius 1 is 1.22 bits per heavy atom. The Hall–Kier alpha value is -2.41. The second-order valence-electron chi connectivity index (χ2n) is 5.05. The van der Waals surface area contributed by atoms with Crippen LogP contribution >= 0.6 is 0 Å². The van der Waals surface area contributed by atoms with E-state index < -0.39 is 12.0 Å². The molecule has 0 fully saturated rings. The summed E-state index contributed by atoms with van der Waals surface area (Å²) in [6.07, 6.45) is 1.16. The Bertz CT molecular complexity index is 560. The zero-order valence-corrected chi connectivity index (χ0v) is 13.4. The fourth-order valence-electron chi connectivity index (χ4n) is 2.02. The highest BCUT2D eigenvalue weighted by atomic mass is 16.4. The van der Waals surface area contributed by atoms with Gasteiger partial charge in [0.1, 0.15) is 6.04 Å². The van der Waals surface area contributed by atoms with Crippen molar-refractivity contribution in [2.24, 2.45) is 0 Å². The van der Waals surface area contributed by atoms with Crippen molar-refractivity contribution in [3.63, 3.8) is 0 Å². The maximum atomic E-state index is 11.9. The van der Waals surface area contributed by atoms with Crippen molar-refractivity contribution < 1.29 is 19.5 Å². The molecule has 2 amide bonds. The Kier molecular flexibility index (Phi) is 7.76. The number of carboxylic acids is 1. The first-order chi connectivity index (χ1) is 11.0. The van der Waals surface area contributed by atoms with Crippen LogP contribution in [0.3, 0.4) is 0 Å². The molecule has 0 aromatic heterocycles. The summed E-state index contributed by atoms with van der Waals surface area (Å²) < 4.78 is 0. The summed E-state index contributed by atoms with van der Waals surface area (Å²) in [4.78, 5) is 34.6. The first-order valence-corrected chi connectivity index (χ1v) is 7.62. The highest BCUT2D eigenvalue weighted by Gasteiger charge is 2.16. The number of hydrogen-bond donors (Lipinski definition) is 4.